The predicted octanol–water partition coefficient (Wildman–Crippen LogP) is 3.64. The number of nitrogens with one attached hydrogen (secondary N) is 2. The van der Waals surface area contributed by atoms with Gasteiger partial charge in [-0.05, 0) is 31.0 Å². The average Bonchev–Trinajstić information content (AvgIpc) is 2.46. The Hall–Kier alpha value is -2.05. The monoisotopic (exact) mass is 328 g/mol. The van der Waals surface area contributed by atoms with Crippen molar-refractivity contribution < 1.29 is 22.8 Å². The van der Waals surface area contributed by atoms with Crippen LogP contribution in [0.5, 0.6) is 0 Å². The Bertz CT molecular complexity index is 593. The molecule has 0 spiro atoms. The van der Waals surface area contributed by atoms with Crippen molar-refractivity contribution in [1.29, 1.82) is 0 Å². The van der Waals surface area contributed by atoms with Crippen molar-refractivity contribution in [2.24, 2.45) is 0 Å². The van der Waals surface area contributed by atoms with Gasteiger partial charge in [0.2, 0.25) is 5.91 Å². The molecular weight excluding hydrogens is 309 g/mol. The Morgan fingerprint density at radius 1 is 1.13 bits per heavy atom. The zero-order chi connectivity index (χ0) is 17.1. The largest absolute Gasteiger partial charge is 0.411 e. The molecule has 0 unspecified atom stereocenters. The van der Waals surface area contributed by atoms with E-state index in [0.29, 0.717) is 18.5 Å². The summed E-state index contributed by atoms with van der Waals surface area (Å²) in [5, 5.41) is 4.69. The van der Waals surface area contributed by atoms with Gasteiger partial charge in [-0.3, -0.25) is 9.59 Å². The second-order valence-electron chi connectivity index (χ2n) is 5.86. The molecule has 2 amide bonds. The summed E-state index contributed by atoms with van der Waals surface area (Å²) in [4.78, 5) is 23.3. The molecule has 126 valence electrons. The van der Waals surface area contributed by atoms with E-state index in [-0.39, 0.29) is 24.3 Å². The van der Waals surface area contributed by atoms with Gasteiger partial charge in [0.25, 0.3) is 5.91 Å². The van der Waals surface area contributed by atoms with E-state index in [9.17, 15) is 22.8 Å². The van der Waals surface area contributed by atoms with E-state index >= 15 is 0 Å². The molecule has 0 heterocycles. The van der Waals surface area contributed by atoms with E-state index in [1.54, 1.807) is 6.07 Å². The highest BCUT2D eigenvalue weighted by atomic mass is 19.4. The lowest BCUT2D eigenvalue weighted by Crippen LogP contribution is -2.59. The number of anilines is 1. The minimum absolute atomic E-state index is 0.0884. The highest BCUT2D eigenvalue weighted by Gasteiger charge is 2.55. The zero-order valence-electron chi connectivity index (χ0n) is 12.8. The maximum atomic E-state index is 13.5. The number of carbonyl (C=O) groups is 2. The predicted molar refractivity (Wildman–Crippen MR) is 80.1 cm³/mol. The second-order valence-corrected chi connectivity index (χ2v) is 5.86. The Morgan fingerprint density at radius 2 is 1.78 bits per heavy atom. The summed E-state index contributed by atoms with van der Waals surface area (Å²) in [7, 11) is 0. The molecule has 0 bridgehead atoms. The van der Waals surface area contributed by atoms with Crippen LogP contribution < -0.4 is 10.6 Å². The van der Waals surface area contributed by atoms with E-state index in [0.717, 1.165) is 6.42 Å². The first-order valence-corrected chi connectivity index (χ1v) is 7.50. The molecule has 0 aromatic heterocycles. The molecule has 1 aromatic rings. The SMILES string of the molecule is CC(=O)Nc1cccc(C(=O)NC2(C(F)(F)F)CCCCC2)c1. The van der Waals surface area contributed by atoms with Gasteiger partial charge in [0.05, 0.1) is 0 Å². The molecular formula is C16H19F3N2O2. The van der Waals surface area contributed by atoms with Gasteiger partial charge < -0.3 is 10.6 Å². The van der Waals surface area contributed by atoms with Crippen molar-refractivity contribution in [3.8, 4) is 0 Å². The Balaban J connectivity index is 2.20. The Morgan fingerprint density at radius 3 is 2.35 bits per heavy atom. The molecule has 23 heavy (non-hydrogen) atoms. The summed E-state index contributed by atoms with van der Waals surface area (Å²) in [6, 6.07) is 5.87. The molecule has 1 saturated carbocycles. The molecule has 0 aliphatic heterocycles. The lowest BCUT2D eigenvalue weighted by molar-refractivity contribution is -0.201. The highest BCUT2D eigenvalue weighted by Crippen LogP contribution is 2.41. The smallest absolute Gasteiger partial charge is 0.338 e. The fourth-order valence-corrected chi connectivity index (χ4v) is 2.87. The quantitative estimate of drug-likeness (QED) is 0.890. The molecule has 1 aromatic carbocycles. The molecule has 4 nitrogen and oxygen atoms in total. The summed E-state index contributed by atoms with van der Waals surface area (Å²) >= 11 is 0. The normalized spacial score (nSPS) is 17.4. The van der Waals surface area contributed by atoms with E-state index in [4.69, 9.17) is 0 Å². The first-order chi connectivity index (χ1) is 10.7. The van der Waals surface area contributed by atoms with Crippen LogP contribution in [0.15, 0.2) is 24.3 Å². The molecule has 1 fully saturated rings. The number of alkyl halides is 3. The van der Waals surface area contributed by atoms with Crippen LogP contribution in [0, 0.1) is 0 Å². The van der Waals surface area contributed by atoms with Crippen molar-refractivity contribution in [3.63, 3.8) is 0 Å². The van der Waals surface area contributed by atoms with Crippen LogP contribution in [0.2, 0.25) is 0 Å². The zero-order valence-corrected chi connectivity index (χ0v) is 12.8. The summed E-state index contributed by atoms with van der Waals surface area (Å²) in [6.07, 6.45) is -3.08. The van der Waals surface area contributed by atoms with Crippen LogP contribution in [0.1, 0.15) is 49.4 Å². The molecule has 1 aliphatic carbocycles. The van der Waals surface area contributed by atoms with Gasteiger partial charge in [0.15, 0.2) is 0 Å². The molecule has 2 N–H and O–H groups in total. The fraction of sp³-hybridized carbons (Fsp3) is 0.500. The lowest BCUT2D eigenvalue weighted by Gasteiger charge is -2.39. The van der Waals surface area contributed by atoms with Crippen molar-refractivity contribution in [3.05, 3.63) is 29.8 Å². The standard InChI is InChI=1S/C16H19F3N2O2/c1-11(22)20-13-7-5-6-12(10-13)14(23)21-15(16(17,18)19)8-3-2-4-9-15/h5-7,10H,2-4,8-9H2,1H3,(H,20,22)(H,21,23). The maximum Gasteiger partial charge on any atom is 0.411 e. The fourth-order valence-electron chi connectivity index (χ4n) is 2.87. The lowest BCUT2D eigenvalue weighted by atomic mass is 9.81. The van der Waals surface area contributed by atoms with Crippen molar-refractivity contribution >= 4 is 17.5 Å². The minimum atomic E-state index is -4.49. The van der Waals surface area contributed by atoms with E-state index in [2.05, 4.69) is 10.6 Å². The number of amides is 2. The first-order valence-electron chi connectivity index (χ1n) is 7.50. The molecule has 2 rings (SSSR count). The van der Waals surface area contributed by atoms with Gasteiger partial charge in [-0.25, -0.2) is 0 Å². The highest BCUT2D eigenvalue weighted by molar-refractivity contribution is 5.97. The van der Waals surface area contributed by atoms with Crippen LogP contribution in [0.4, 0.5) is 18.9 Å². The average molecular weight is 328 g/mol. The number of carbonyl (C=O) groups excluding carboxylic acids is 2. The van der Waals surface area contributed by atoms with Crippen molar-refractivity contribution in [2.45, 2.75) is 50.7 Å². The van der Waals surface area contributed by atoms with Crippen molar-refractivity contribution in [2.75, 3.05) is 5.32 Å². The first kappa shape index (κ1) is 17.3. The van der Waals surface area contributed by atoms with Gasteiger partial charge in [-0.15, -0.1) is 0 Å². The molecule has 0 radical (unpaired) electrons. The topological polar surface area (TPSA) is 58.2 Å². The number of rotatable bonds is 3. The number of halogens is 3. The van der Waals surface area contributed by atoms with Gasteiger partial charge in [-0.2, -0.15) is 13.2 Å². The van der Waals surface area contributed by atoms with Gasteiger partial charge in [0.1, 0.15) is 5.54 Å². The van der Waals surface area contributed by atoms with Crippen molar-refractivity contribution in [1.82, 2.24) is 5.32 Å². The van der Waals surface area contributed by atoms with Gasteiger partial charge in [0, 0.05) is 18.2 Å². The van der Waals surface area contributed by atoms with Crippen LogP contribution in [0.25, 0.3) is 0 Å². The van der Waals surface area contributed by atoms with Gasteiger partial charge in [-0.1, -0.05) is 25.3 Å². The third-order valence-corrected chi connectivity index (χ3v) is 4.05. The second kappa shape index (κ2) is 6.60. The summed E-state index contributed by atoms with van der Waals surface area (Å²) < 4.78 is 40.4. The van der Waals surface area contributed by atoms with Crippen LogP contribution in [-0.4, -0.2) is 23.5 Å². The van der Waals surface area contributed by atoms with Crippen LogP contribution in [0.3, 0.4) is 0 Å². The molecule has 0 saturated heterocycles. The van der Waals surface area contributed by atoms with E-state index < -0.39 is 17.6 Å². The number of benzene rings is 1. The maximum absolute atomic E-state index is 13.5. The Kier molecular flexibility index (Phi) is 4.97. The third-order valence-electron chi connectivity index (χ3n) is 4.05. The summed E-state index contributed by atoms with van der Waals surface area (Å²) in [5.74, 6) is -1.10. The molecule has 7 heteroatoms. The number of hydrogen-bond donors (Lipinski definition) is 2. The van der Waals surface area contributed by atoms with Crippen LogP contribution >= 0.6 is 0 Å². The Labute approximate surface area is 132 Å². The molecule has 0 atom stereocenters. The summed E-state index contributed by atoms with van der Waals surface area (Å²) in [6.45, 7) is 1.31. The summed E-state index contributed by atoms with van der Waals surface area (Å²) in [5.41, 5.74) is -1.70. The minimum Gasteiger partial charge on any atom is -0.338 e. The molecule has 1 aliphatic rings. The van der Waals surface area contributed by atoms with E-state index in [1.807, 2.05) is 0 Å². The van der Waals surface area contributed by atoms with E-state index in [1.165, 1.54) is 25.1 Å². The third kappa shape index (κ3) is 4.03. The number of hydrogen-bond acceptors (Lipinski definition) is 2. The van der Waals surface area contributed by atoms with Gasteiger partial charge >= 0.3 is 6.18 Å². The van der Waals surface area contributed by atoms with Crippen LogP contribution in [-0.2, 0) is 4.79 Å².